The van der Waals surface area contributed by atoms with Crippen LogP contribution in [0.15, 0.2) is 59.9 Å². The standard InChI is InChI=1S/C27H28N4O2/c1-19(32)12-20-7-10-31(11-8-20)18-21-2-3-23-14-26(5-4-22(23)13-21)33-27-29-16-25(17-30-27)24-6-9-28-15-24/h2-6,9,13-14,16-17,20H,7-8,10-12,15,18H2,1H3. The Kier molecular flexibility index (Phi) is 6.26. The van der Waals surface area contributed by atoms with Gasteiger partial charge in [0.1, 0.15) is 11.5 Å². The highest BCUT2D eigenvalue weighted by atomic mass is 16.5. The van der Waals surface area contributed by atoms with Crippen molar-refractivity contribution in [1.82, 2.24) is 14.9 Å². The normalized spacial score (nSPS) is 16.8. The van der Waals surface area contributed by atoms with Crippen molar-refractivity contribution in [2.45, 2.75) is 32.7 Å². The number of Topliss-reactive ketones (excluding diaryl/α,β-unsaturated/α-hetero) is 1. The molecule has 0 unspecified atom stereocenters. The van der Waals surface area contributed by atoms with Gasteiger partial charge in [-0.05, 0) is 85.0 Å². The molecule has 2 aromatic carbocycles. The van der Waals surface area contributed by atoms with Crippen LogP contribution in [0.4, 0.5) is 0 Å². The van der Waals surface area contributed by atoms with E-state index in [9.17, 15) is 4.79 Å². The minimum atomic E-state index is 0.312. The van der Waals surface area contributed by atoms with E-state index < -0.39 is 0 Å². The number of rotatable bonds is 7. The third kappa shape index (κ3) is 5.34. The van der Waals surface area contributed by atoms with E-state index in [-0.39, 0.29) is 0 Å². The van der Waals surface area contributed by atoms with Crippen LogP contribution in [0.5, 0.6) is 11.8 Å². The Morgan fingerprint density at radius 3 is 2.55 bits per heavy atom. The third-order valence-corrected chi connectivity index (χ3v) is 6.42. The molecule has 33 heavy (non-hydrogen) atoms. The maximum Gasteiger partial charge on any atom is 0.321 e. The van der Waals surface area contributed by atoms with Gasteiger partial charge in [0.15, 0.2) is 0 Å². The fraction of sp³-hybridized carbons (Fsp3) is 0.333. The van der Waals surface area contributed by atoms with E-state index in [0.29, 0.717) is 24.3 Å². The van der Waals surface area contributed by atoms with Crippen molar-refractivity contribution in [3.05, 3.63) is 66.0 Å². The molecule has 1 aromatic heterocycles. The number of hydrogen-bond donors (Lipinski definition) is 0. The first-order chi connectivity index (χ1) is 16.1. The van der Waals surface area contributed by atoms with E-state index in [2.05, 4.69) is 44.1 Å². The SMILES string of the molecule is CC(=O)CC1CCN(Cc2ccc3cc(Oc4ncc(C5=CC=NC5)cn4)ccc3c2)CC1. The molecule has 0 radical (unpaired) electrons. The maximum absolute atomic E-state index is 11.4. The molecule has 3 heterocycles. The number of carbonyl (C=O) groups excluding carboxylic acids is 1. The molecule has 0 amide bonds. The predicted molar refractivity (Wildman–Crippen MR) is 131 cm³/mol. The number of nitrogens with zero attached hydrogens (tertiary/aromatic N) is 4. The van der Waals surface area contributed by atoms with Gasteiger partial charge in [-0.15, -0.1) is 0 Å². The van der Waals surface area contributed by atoms with E-state index in [1.807, 2.05) is 18.2 Å². The van der Waals surface area contributed by atoms with E-state index in [1.165, 1.54) is 10.9 Å². The monoisotopic (exact) mass is 440 g/mol. The highest BCUT2D eigenvalue weighted by Gasteiger charge is 2.20. The summed E-state index contributed by atoms with van der Waals surface area (Å²) in [5, 5.41) is 2.32. The number of fused-ring (bicyclic) bond motifs is 1. The molecule has 3 aromatic rings. The molecule has 2 aliphatic rings. The average molecular weight is 441 g/mol. The van der Waals surface area contributed by atoms with Gasteiger partial charge in [-0.2, -0.15) is 0 Å². The number of likely N-dealkylation sites (tertiary alicyclic amines) is 1. The third-order valence-electron chi connectivity index (χ3n) is 6.42. The lowest BCUT2D eigenvalue weighted by Crippen LogP contribution is -2.33. The first-order valence-corrected chi connectivity index (χ1v) is 11.6. The Morgan fingerprint density at radius 2 is 1.82 bits per heavy atom. The number of ketones is 1. The molecule has 0 N–H and O–H groups in total. The van der Waals surface area contributed by atoms with Crippen LogP contribution in [0.3, 0.4) is 0 Å². The minimum Gasteiger partial charge on any atom is -0.424 e. The Balaban J connectivity index is 1.21. The molecule has 0 bridgehead atoms. The largest absolute Gasteiger partial charge is 0.424 e. The smallest absolute Gasteiger partial charge is 0.321 e. The molecular formula is C27H28N4O2. The van der Waals surface area contributed by atoms with Gasteiger partial charge in [-0.25, -0.2) is 9.97 Å². The second-order valence-corrected chi connectivity index (χ2v) is 9.01. The number of aliphatic imine (C=N–C) groups is 1. The van der Waals surface area contributed by atoms with Crippen LogP contribution in [-0.2, 0) is 11.3 Å². The molecule has 5 rings (SSSR count). The zero-order valence-electron chi connectivity index (χ0n) is 18.9. The molecular weight excluding hydrogens is 412 g/mol. The van der Waals surface area contributed by atoms with Crippen LogP contribution in [0.2, 0.25) is 0 Å². The summed E-state index contributed by atoms with van der Waals surface area (Å²) in [6.45, 7) is 5.44. The molecule has 6 heteroatoms. The molecule has 168 valence electrons. The van der Waals surface area contributed by atoms with Gasteiger partial charge >= 0.3 is 6.01 Å². The number of aromatic nitrogens is 2. The quantitative estimate of drug-likeness (QED) is 0.512. The zero-order chi connectivity index (χ0) is 22.6. The minimum absolute atomic E-state index is 0.312. The predicted octanol–water partition coefficient (Wildman–Crippen LogP) is 5.08. The van der Waals surface area contributed by atoms with Crippen LogP contribution < -0.4 is 4.74 Å². The van der Waals surface area contributed by atoms with Crippen molar-refractivity contribution in [3.63, 3.8) is 0 Å². The molecule has 1 fully saturated rings. The number of benzene rings is 2. The summed E-state index contributed by atoms with van der Waals surface area (Å²) >= 11 is 0. The number of carbonyl (C=O) groups is 1. The van der Waals surface area contributed by atoms with Crippen LogP contribution in [0, 0.1) is 5.92 Å². The highest BCUT2D eigenvalue weighted by molar-refractivity contribution is 5.89. The molecule has 0 spiro atoms. The first-order valence-electron chi connectivity index (χ1n) is 11.6. The zero-order valence-corrected chi connectivity index (χ0v) is 18.9. The van der Waals surface area contributed by atoms with Gasteiger partial charge in [0.2, 0.25) is 0 Å². The van der Waals surface area contributed by atoms with Crippen molar-refractivity contribution in [2.24, 2.45) is 10.9 Å². The van der Waals surface area contributed by atoms with E-state index in [4.69, 9.17) is 4.74 Å². The number of allylic oxidation sites excluding steroid dienone is 1. The van der Waals surface area contributed by atoms with Crippen molar-refractivity contribution < 1.29 is 9.53 Å². The summed E-state index contributed by atoms with van der Waals surface area (Å²) in [4.78, 5) is 26.7. The summed E-state index contributed by atoms with van der Waals surface area (Å²) in [6, 6.07) is 13.0. The van der Waals surface area contributed by atoms with E-state index >= 15 is 0 Å². The van der Waals surface area contributed by atoms with Gasteiger partial charge in [0.05, 0.1) is 6.54 Å². The van der Waals surface area contributed by atoms with E-state index in [1.54, 1.807) is 25.5 Å². The molecule has 6 nitrogen and oxygen atoms in total. The highest BCUT2D eigenvalue weighted by Crippen LogP contribution is 2.27. The molecule has 0 atom stereocenters. The fourth-order valence-corrected chi connectivity index (χ4v) is 4.62. The Labute approximate surface area is 194 Å². The molecule has 0 aliphatic carbocycles. The second-order valence-electron chi connectivity index (χ2n) is 9.01. The lowest BCUT2D eigenvalue weighted by molar-refractivity contribution is -0.118. The maximum atomic E-state index is 11.4. The van der Waals surface area contributed by atoms with Crippen molar-refractivity contribution in [3.8, 4) is 11.8 Å². The van der Waals surface area contributed by atoms with Crippen LogP contribution in [-0.4, -0.2) is 46.5 Å². The summed E-state index contributed by atoms with van der Waals surface area (Å²) in [7, 11) is 0. The van der Waals surface area contributed by atoms with Gasteiger partial charge in [0, 0.05) is 37.1 Å². The summed E-state index contributed by atoms with van der Waals surface area (Å²) in [5.41, 5.74) is 3.39. The van der Waals surface area contributed by atoms with Crippen molar-refractivity contribution in [1.29, 1.82) is 0 Å². The Bertz CT molecular complexity index is 1210. The second kappa shape index (κ2) is 9.63. The molecule has 2 aliphatic heterocycles. The van der Waals surface area contributed by atoms with Gasteiger partial charge in [-0.1, -0.05) is 18.2 Å². The number of ether oxygens (including phenoxy) is 1. The number of piperidine rings is 1. The first kappa shape index (κ1) is 21.5. The van der Waals surface area contributed by atoms with E-state index in [0.717, 1.165) is 61.2 Å². The van der Waals surface area contributed by atoms with Gasteiger partial charge in [-0.3, -0.25) is 9.89 Å². The topological polar surface area (TPSA) is 67.7 Å². The van der Waals surface area contributed by atoms with Gasteiger partial charge in [0.25, 0.3) is 0 Å². The fourth-order valence-electron chi connectivity index (χ4n) is 4.62. The van der Waals surface area contributed by atoms with Gasteiger partial charge < -0.3 is 9.53 Å². The molecule has 1 saturated heterocycles. The van der Waals surface area contributed by atoms with Crippen LogP contribution in [0.25, 0.3) is 16.3 Å². The number of hydrogen-bond acceptors (Lipinski definition) is 6. The average Bonchev–Trinajstić information content (AvgIpc) is 3.36. The molecule has 0 saturated carbocycles. The van der Waals surface area contributed by atoms with Crippen LogP contribution in [0.1, 0.15) is 37.3 Å². The van der Waals surface area contributed by atoms with Crippen molar-refractivity contribution in [2.75, 3.05) is 19.6 Å². The Morgan fingerprint density at radius 1 is 1.06 bits per heavy atom. The summed E-state index contributed by atoms with van der Waals surface area (Å²) in [5.74, 6) is 1.59. The summed E-state index contributed by atoms with van der Waals surface area (Å²) in [6.07, 6.45) is 10.3. The summed E-state index contributed by atoms with van der Waals surface area (Å²) < 4.78 is 5.89. The van der Waals surface area contributed by atoms with Crippen molar-refractivity contribution >= 4 is 28.3 Å². The van der Waals surface area contributed by atoms with Crippen LogP contribution >= 0.6 is 0 Å². The Hall–Kier alpha value is -3.38. The lowest BCUT2D eigenvalue weighted by Gasteiger charge is -2.31. The lowest BCUT2D eigenvalue weighted by atomic mass is 9.92.